The minimum absolute atomic E-state index is 0.151. The zero-order chi connectivity index (χ0) is 23.2. The van der Waals surface area contributed by atoms with Gasteiger partial charge < -0.3 is 9.64 Å². The lowest BCUT2D eigenvalue weighted by Gasteiger charge is -2.28. The van der Waals surface area contributed by atoms with Crippen molar-refractivity contribution >= 4 is 29.5 Å². The van der Waals surface area contributed by atoms with Gasteiger partial charge in [-0.15, -0.1) is 5.10 Å². The van der Waals surface area contributed by atoms with Crippen molar-refractivity contribution < 1.29 is 9.53 Å². The van der Waals surface area contributed by atoms with E-state index in [0.29, 0.717) is 35.7 Å². The number of aromatic nitrogens is 4. The Labute approximate surface area is 201 Å². The number of nitrogens with one attached hydrogen (secondary N) is 1. The summed E-state index contributed by atoms with van der Waals surface area (Å²) in [6, 6.07) is 21.1. The Kier molecular flexibility index (Phi) is 6.53. The SMILES string of the molecule is O=C(Nc1cccnn1)N1CCC(=Cc2cccc(Oc3nc(-c4ccccc4)ns3)c2)CC1. The van der Waals surface area contributed by atoms with Gasteiger partial charge in [0.15, 0.2) is 11.6 Å². The van der Waals surface area contributed by atoms with Crippen LogP contribution in [0.4, 0.5) is 10.6 Å². The third-order valence-corrected chi connectivity index (χ3v) is 5.97. The minimum atomic E-state index is -0.151. The first kappa shape index (κ1) is 21.7. The third-order valence-electron chi connectivity index (χ3n) is 5.37. The van der Waals surface area contributed by atoms with Gasteiger partial charge in [0.05, 0.1) is 0 Å². The first-order valence-corrected chi connectivity index (χ1v) is 11.7. The molecule has 2 aromatic heterocycles. The van der Waals surface area contributed by atoms with Crippen molar-refractivity contribution in [2.75, 3.05) is 18.4 Å². The molecule has 2 aromatic carbocycles. The highest BCUT2D eigenvalue weighted by atomic mass is 32.1. The summed E-state index contributed by atoms with van der Waals surface area (Å²) >= 11 is 1.23. The Balaban J connectivity index is 1.19. The molecule has 0 aliphatic carbocycles. The molecule has 1 N–H and O–H groups in total. The predicted octanol–water partition coefficient (Wildman–Crippen LogP) is 5.50. The molecule has 34 heavy (non-hydrogen) atoms. The van der Waals surface area contributed by atoms with E-state index in [1.165, 1.54) is 17.1 Å². The van der Waals surface area contributed by atoms with E-state index in [0.717, 1.165) is 24.0 Å². The molecule has 1 aliphatic heterocycles. The van der Waals surface area contributed by atoms with Crippen molar-refractivity contribution in [1.29, 1.82) is 0 Å². The number of hydrogen-bond acceptors (Lipinski definition) is 7. The standard InChI is InChI=1S/C25H22N6O2S/c32-24(27-22-10-5-13-26-29-22)31-14-11-18(12-15-31)16-19-6-4-9-21(17-19)33-25-28-23(30-34-25)20-7-2-1-3-8-20/h1-10,13,16-17H,11-12,14-15H2,(H,27,29,32). The van der Waals surface area contributed by atoms with E-state index < -0.39 is 0 Å². The average molecular weight is 471 g/mol. The first-order valence-electron chi connectivity index (χ1n) is 10.9. The fraction of sp³-hybridized carbons (Fsp3) is 0.160. The van der Waals surface area contributed by atoms with Crippen LogP contribution in [0.2, 0.25) is 0 Å². The highest BCUT2D eigenvalue weighted by molar-refractivity contribution is 7.07. The number of ether oxygens (including phenoxy) is 1. The predicted molar refractivity (Wildman–Crippen MR) is 132 cm³/mol. The Morgan fingerprint density at radius 2 is 1.88 bits per heavy atom. The number of benzene rings is 2. The summed E-state index contributed by atoms with van der Waals surface area (Å²) in [7, 11) is 0. The Morgan fingerprint density at radius 3 is 2.68 bits per heavy atom. The molecule has 8 nitrogen and oxygen atoms in total. The van der Waals surface area contributed by atoms with Gasteiger partial charge in [-0.05, 0) is 42.7 Å². The van der Waals surface area contributed by atoms with Gasteiger partial charge in [0.1, 0.15) is 5.75 Å². The number of carbonyl (C=O) groups is 1. The second kappa shape index (κ2) is 10.2. The van der Waals surface area contributed by atoms with E-state index in [4.69, 9.17) is 4.74 Å². The highest BCUT2D eigenvalue weighted by Crippen LogP contribution is 2.28. The number of urea groups is 1. The van der Waals surface area contributed by atoms with Crippen molar-refractivity contribution in [3.63, 3.8) is 0 Å². The summed E-state index contributed by atoms with van der Waals surface area (Å²) in [5.41, 5.74) is 3.31. The van der Waals surface area contributed by atoms with E-state index in [1.807, 2.05) is 54.6 Å². The number of likely N-dealkylation sites (tertiary alicyclic amines) is 1. The molecule has 0 spiro atoms. The molecule has 0 radical (unpaired) electrons. The van der Waals surface area contributed by atoms with E-state index in [2.05, 4.69) is 30.9 Å². The molecule has 0 atom stereocenters. The van der Waals surface area contributed by atoms with Crippen molar-refractivity contribution in [2.24, 2.45) is 0 Å². The van der Waals surface area contributed by atoms with E-state index in [9.17, 15) is 4.79 Å². The second-order valence-electron chi connectivity index (χ2n) is 7.75. The van der Waals surface area contributed by atoms with E-state index in [-0.39, 0.29) is 6.03 Å². The van der Waals surface area contributed by atoms with Gasteiger partial charge in [-0.3, -0.25) is 5.32 Å². The lowest BCUT2D eigenvalue weighted by atomic mass is 10.0. The van der Waals surface area contributed by atoms with Crippen molar-refractivity contribution in [1.82, 2.24) is 24.5 Å². The summed E-state index contributed by atoms with van der Waals surface area (Å²) < 4.78 is 10.4. The summed E-state index contributed by atoms with van der Waals surface area (Å²) in [5.74, 6) is 1.83. The smallest absolute Gasteiger partial charge is 0.323 e. The number of piperidine rings is 1. The molecule has 1 aliphatic rings. The monoisotopic (exact) mass is 470 g/mol. The van der Waals surface area contributed by atoms with Crippen LogP contribution < -0.4 is 10.1 Å². The normalized spacial score (nSPS) is 13.4. The molecular formula is C25H22N6O2S. The largest absolute Gasteiger partial charge is 0.430 e. The number of anilines is 1. The van der Waals surface area contributed by atoms with Gasteiger partial charge >= 0.3 is 6.03 Å². The third kappa shape index (κ3) is 5.44. The van der Waals surface area contributed by atoms with Crippen LogP contribution in [0.5, 0.6) is 10.9 Å². The van der Waals surface area contributed by atoms with Gasteiger partial charge in [0.25, 0.3) is 5.19 Å². The zero-order valence-electron chi connectivity index (χ0n) is 18.3. The maximum absolute atomic E-state index is 12.4. The van der Waals surface area contributed by atoms with Gasteiger partial charge in [-0.1, -0.05) is 54.1 Å². The zero-order valence-corrected chi connectivity index (χ0v) is 19.1. The maximum atomic E-state index is 12.4. The van der Waals surface area contributed by atoms with Gasteiger partial charge in [0, 0.05) is 36.4 Å². The number of rotatable bonds is 5. The fourth-order valence-electron chi connectivity index (χ4n) is 3.66. The molecule has 170 valence electrons. The topological polar surface area (TPSA) is 93.1 Å². The number of carbonyl (C=O) groups excluding carboxylic acids is 1. The average Bonchev–Trinajstić information content (AvgIpc) is 3.34. The van der Waals surface area contributed by atoms with Crippen LogP contribution in [0.25, 0.3) is 17.5 Å². The molecule has 0 unspecified atom stereocenters. The Hall–Kier alpha value is -4.11. The fourth-order valence-corrected chi connectivity index (χ4v) is 4.23. The highest BCUT2D eigenvalue weighted by Gasteiger charge is 2.19. The molecule has 9 heteroatoms. The first-order chi connectivity index (χ1) is 16.7. The molecule has 0 bridgehead atoms. The van der Waals surface area contributed by atoms with Crippen LogP contribution in [-0.2, 0) is 0 Å². The number of nitrogens with zero attached hydrogens (tertiary/aromatic N) is 5. The van der Waals surface area contributed by atoms with Crippen LogP contribution in [0.3, 0.4) is 0 Å². The molecule has 3 heterocycles. The Morgan fingerprint density at radius 1 is 1.03 bits per heavy atom. The molecular weight excluding hydrogens is 448 g/mol. The number of hydrogen-bond donors (Lipinski definition) is 1. The van der Waals surface area contributed by atoms with Crippen LogP contribution in [0.15, 0.2) is 78.5 Å². The van der Waals surface area contributed by atoms with Crippen LogP contribution in [0.1, 0.15) is 18.4 Å². The lowest BCUT2D eigenvalue weighted by molar-refractivity contribution is 0.207. The Bertz CT molecular complexity index is 1280. The molecule has 4 aromatic rings. The van der Waals surface area contributed by atoms with E-state index in [1.54, 1.807) is 23.2 Å². The summed E-state index contributed by atoms with van der Waals surface area (Å²) in [4.78, 5) is 18.7. The number of amides is 2. The van der Waals surface area contributed by atoms with E-state index >= 15 is 0 Å². The van der Waals surface area contributed by atoms with Gasteiger partial charge in [-0.25, -0.2) is 4.79 Å². The van der Waals surface area contributed by atoms with Crippen molar-refractivity contribution in [3.05, 3.63) is 84.1 Å². The van der Waals surface area contributed by atoms with Crippen LogP contribution >= 0.6 is 11.5 Å². The van der Waals surface area contributed by atoms with Crippen molar-refractivity contribution in [2.45, 2.75) is 12.8 Å². The quantitative estimate of drug-likeness (QED) is 0.414. The van der Waals surface area contributed by atoms with Gasteiger partial charge in [0.2, 0.25) is 0 Å². The minimum Gasteiger partial charge on any atom is -0.430 e. The van der Waals surface area contributed by atoms with Crippen molar-refractivity contribution in [3.8, 4) is 22.3 Å². The lowest BCUT2D eigenvalue weighted by Crippen LogP contribution is -2.39. The molecule has 5 rings (SSSR count). The summed E-state index contributed by atoms with van der Waals surface area (Å²) in [5, 5.41) is 11.0. The summed E-state index contributed by atoms with van der Waals surface area (Å²) in [6.07, 6.45) is 5.37. The second-order valence-corrected chi connectivity index (χ2v) is 8.47. The summed E-state index contributed by atoms with van der Waals surface area (Å²) in [6.45, 7) is 1.31. The van der Waals surface area contributed by atoms with Crippen LogP contribution in [-0.4, -0.2) is 43.6 Å². The molecule has 0 saturated carbocycles. The van der Waals surface area contributed by atoms with Gasteiger partial charge in [-0.2, -0.15) is 14.5 Å². The maximum Gasteiger partial charge on any atom is 0.323 e. The molecule has 1 saturated heterocycles. The van der Waals surface area contributed by atoms with Crippen LogP contribution in [0, 0.1) is 0 Å². The molecule has 2 amide bonds. The molecule has 1 fully saturated rings.